The molecule has 3 atom stereocenters. The number of piperidine rings is 1. The predicted octanol–water partition coefficient (Wildman–Crippen LogP) is 2.64. The molecule has 1 amide bonds. The third-order valence-corrected chi connectivity index (χ3v) is 5.10. The number of likely N-dealkylation sites (tertiary alicyclic amines) is 1. The SMILES string of the molecule is C=C(NCC/C=C/C)C(=O)C(C)NC(=O)C1C(C(Cl)Cl)CCCN1C. The van der Waals surface area contributed by atoms with Crippen LogP contribution in [0.1, 0.15) is 33.1 Å². The summed E-state index contributed by atoms with van der Waals surface area (Å²) in [5, 5.41) is 5.77. The predicted molar refractivity (Wildman–Crippen MR) is 104 cm³/mol. The van der Waals surface area contributed by atoms with Crippen molar-refractivity contribution in [2.45, 2.75) is 50.0 Å². The van der Waals surface area contributed by atoms with Gasteiger partial charge in [-0.05, 0) is 46.7 Å². The van der Waals surface area contributed by atoms with Crippen LogP contribution in [0.3, 0.4) is 0 Å². The summed E-state index contributed by atoms with van der Waals surface area (Å²) >= 11 is 12.1. The molecule has 0 radical (unpaired) electrons. The Kier molecular flexibility index (Phi) is 9.54. The van der Waals surface area contributed by atoms with Crippen LogP contribution in [0.2, 0.25) is 0 Å². The number of hydrogen-bond donors (Lipinski definition) is 2. The van der Waals surface area contributed by atoms with Gasteiger partial charge >= 0.3 is 0 Å². The number of amides is 1. The normalized spacial score (nSPS) is 22.8. The second kappa shape index (κ2) is 10.8. The van der Waals surface area contributed by atoms with Gasteiger partial charge in [0.25, 0.3) is 0 Å². The number of nitrogens with zero attached hydrogens (tertiary/aromatic N) is 1. The highest BCUT2D eigenvalue weighted by Crippen LogP contribution is 2.30. The van der Waals surface area contributed by atoms with Crippen LogP contribution in [0, 0.1) is 5.92 Å². The second-order valence-corrected chi connectivity index (χ2v) is 7.59. The van der Waals surface area contributed by atoms with E-state index in [1.165, 1.54) is 0 Å². The molecule has 1 aliphatic heterocycles. The van der Waals surface area contributed by atoms with Crippen molar-refractivity contribution in [3.8, 4) is 0 Å². The largest absolute Gasteiger partial charge is 0.382 e. The maximum Gasteiger partial charge on any atom is 0.238 e. The van der Waals surface area contributed by atoms with E-state index in [0.717, 1.165) is 25.8 Å². The summed E-state index contributed by atoms with van der Waals surface area (Å²) in [7, 11) is 1.88. The van der Waals surface area contributed by atoms with Gasteiger partial charge in [-0.15, -0.1) is 23.2 Å². The third kappa shape index (κ3) is 6.65. The third-order valence-electron chi connectivity index (χ3n) is 4.46. The summed E-state index contributed by atoms with van der Waals surface area (Å²) in [5.41, 5.74) is 0.304. The molecule has 1 rings (SSSR count). The lowest BCUT2D eigenvalue weighted by molar-refractivity contribution is -0.132. The van der Waals surface area contributed by atoms with E-state index in [1.807, 2.05) is 31.0 Å². The Bertz CT molecular complexity index is 509. The maximum absolute atomic E-state index is 12.7. The van der Waals surface area contributed by atoms with E-state index in [0.29, 0.717) is 12.2 Å². The number of nitrogens with one attached hydrogen (secondary N) is 2. The fourth-order valence-electron chi connectivity index (χ4n) is 3.04. The highest BCUT2D eigenvalue weighted by atomic mass is 35.5. The van der Waals surface area contributed by atoms with Crippen LogP contribution in [0.15, 0.2) is 24.4 Å². The average Bonchev–Trinajstić information content (AvgIpc) is 2.57. The molecule has 0 bridgehead atoms. The van der Waals surface area contributed by atoms with Crippen LogP contribution in [-0.4, -0.2) is 53.6 Å². The van der Waals surface area contributed by atoms with Gasteiger partial charge in [-0.25, -0.2) is 0 Å². The second-order valence-electron chi connectivity index (χ2n) is 6.42. The molecule has 0 saturated carbocycles. The lowest BCUT2D eigenvalue weighted by Crippen LogP contribution is -2.56. The van der Waals surface area contributed by atoms with E-state index in [1.54, 1.807) is 6.92 Å². The van der Waals surface area contributed by atoms with E-state index in [9.17, 15) is 9.59 Å². The van der Waals surface area contributed by atoms with Crippen molar-refractivity contribution in [2.75, 3.05) is 20.1 Å². The molecular weight excluding hydrogens is 361 g/mol. The Morgan fingerprint density at radius 2 is 2.08 bits per heavy atom. The molecule has 3 unspecified atom stereocenters. The van der Waals surface area contributed by atoms with E-state index < -0.39 is 16.9 Å². The van der Waals surface area contributed by atoms with E-state index in [-0.39, 0.29) is 17.6 Å². The number of alkyl halides is 2. The van der Waals surface area contributed by atoms with Crippen LogP contribution >= 0.6 is 23.2 Å². The van der Waals surface area contributed by atoms with Gasteiger partial charge in [0, 0.05) is 12.5 Å². The molecular formula is C18H29Cl2N3O2. The molecule has 1 saturated heterocycles. The molecule has 0 aromatic carbocycles. The molecule has 1 heterocycles. The van der Waals surface area contributed by atoms with Crippen molar-refractivity contribution in [3.63, 3.8) is 0 Å². The molecule has 0 spiro atoms. The molecule has 0 aliphatic carbocycles. The lowest BCUT2D eigenvalue weighted by Gasteiger charge is -2.39. The van der Waals surface area contributed by atoms with Gasteiger partial charge in [0.1, 0.15) is 4.84 Å². The summed E-state index contributed by atoms with van der Waals surface area (Å²) in [6, 6.07) is -1.09. The summed E-state index contributed by atoms with van der Waals surface area (Å²) in [6.07, 6.45) is 6.51. The zero-order valence-electron chi connectivity index (χ0n) is 15.2. The van der Waals surface area contributed by atoms with Gasteiger partial charge in [-0.3, -0.25) is 14.5 Å². The molecule has 1 aliphatic rings. The number of hydrogen-bond acceptors (Lipinski definition) is 4. The molecule has 0 aromatic heterocycles. The van der Waals surface area contributed by atoms with Crippen LogP contribution in [0.25, 0.3) is 0 Å². The number of allylic oxidation sites excluding steroid dienone is 1. The summed E-state index contributed by atoms with van der Waals surface area (Å²) in [4.78, 5) is 26.4. The zero-order valence-corrected chi connectivity index (χ0v) is 16.7. The Balaban J connectivity index is 2.61. The number of Topliss-reactive ketones (excluding diaryl/α,β-unsaturated/α-hetero) is 1. The Labute approximate surface area is 160 Å². The average molecular weight is 390 g/mol. The minimum atomic E-state index is -0.658. The van der Waals surface area contributed by atoms with E-state index >= 15 is 0 Å². The Morgan fingerprint density at radius 3 is 2.68 bits per heavy atom. The number of carbonyl (C=O) groups excluding carboxylic acids is 2. The minimum absolute atomic E-state index is 0.147. The highest BCUT2D eigenvalue weighted by Gasteiger charge is 2.39. The highest BCUT2D eigenvalue weighted by molar-refractivity contribution is 6.44. The fourth-order valence-corrected chi connectivity index (χ4v) is 3.57. The molecule has 142 valence electrons. The first-order valence-electron chi connectivity index (χ1n) is 8.66. The van der Waals surface area contributed by atoms with Gasteiger partial charge in [0.15, 0.2) is 5.78 Å². The Morgan fingerprint density at radius 1 is 1.40 bits per heavy atom. The first-order valence-corrected chi connectivity index (χ1v) is 9.53. The van der Waals surface area contributed by atoms with Crippen molar-refractivity contribution in [1.29, 1.82) is 0 Å². The van der Waals surface area contributed by atoms with E-state index in [2.05, 4.69) is 17.2 Å². The van der Waals surface area contributed by atoms with Crippen LogP contribution in [-0.2, 0) is 9.59 Å². The number of halogens is 2. The fraction of sp³-hybridized carbons (Fsp3) is 0.667. The van der Waals surface area contributed by atoms with Gasteiger partial charge in [0.05, 0.1) is 17.8 Å². The molecule has 5 nitrogen and oxygen atoms in total. The lowest BCUT2D eigenvalue weighted by atomic mass is 9.90. The number of ketones is 1. The molecule has 7 heteroatoms. The van der Waals surface area contributed by atoms with Crippen LogP contribution < -0.4 is 10.6 Å². The Hall–Kier alpha value is -1.04. The van der Waals surface area contributed by atoms with Crippen molar-refractivity contribution in [3.05, 3.63) is 24.4 Å². The van der Waals surface area contributed by atoms with Gasteiger partial charge < -0.3 is 10.6 Å². The zero-order chi connectivity index (χ0) is 19.0. The summed E-state index contributed by atoms with van der Waals surface area (Å²) in [5.74, 6) is -0.593. The van der Waals surface area contributed by atoms with Crippen molar-refractivity contribution < 1.29 is 9.59 Å². The molecule has 1 fully saturated rings. The van der Waals surface area contributed by atoms with Gasteiger partial charge in [-0.1, -0.05) is 18.7 Å². The summed E-state index contributed by atoms with van der Waals surface area (Å²) in [6.45, 7) is 8.80. The first kappa shape index (κ1) is 22.0. The molecule has 25 heavy (non-hydrogen) atoms. The van der Waals surface area contributed by atoms with Crippen molar-refractivity contribution in [2.24, 2.45) is 5.92 Å². The standard InChI is InChI=1S/C18H29Cl2N3O2/c1-5-6-7-10-21-12(2)16(24)13(3)22-18(25)15-14(17(19)20)9-8-11-23(15)4/h5-6,13-15,17,21H,2,7-11H2,1,3-4H3,(H,22,25)/b6-5+. The topological polar surface area (TPSA) is 61.4 Å². The minimum Gasteiger partial charge on any atom is -0.382 e. The smallest absolute Gasteiger partial charge is 0.238 e. The maximum atomic E-state index is 12.7. The summed E-state index contributed by atoms with van der Waals surface area (Å²) < 4.78 is 0. The number of likely N-dealkylation sites (N-methyl/N-ethyl adjacent to an activating group) is 1. The number of rotatable bonds is 9. The molecule has 2 N–H and O–H groups in total. The van der Waals surface area contributed by atoms with Crippen LogP contribution in [0.5, 0.6) is 0 Å². The van der Waals surface area contributed by atoms with Gasteiger partial charge in [0.2, 0.25) is 5.91 Å². The van der Waals surface area contributed by atoms with Gasteiger partial charge in [-0.2, -0.15) is 0 Å². The first-order chi connectivity index (χ1) is 11.8. The number of carbonyl (C=O) groups is 2. The van der Waals surface area contributed by atoms with Crippen molar-refractivity contribution in [1.82, 2.24) is 15.5 Å². The van der Waals surface area contributed by atoms with Crippen LogP contribution in [0.4, 0.5) is 0 Å². The van der Waals surface area contributed by atoms with E-state index in [4.69, 9.17) is 23.2 Å². The van der Waals surface area contributed by atoms with Crippen molar-refractivity contribution >= 4 is 34.9 Å². The quantitative estimate of drug-likeness (QED) is 0.275. The molecule has 0 aromatic rings. The monoisotopic (exact) mass is 389 g/mol.